The van der Waals surface area contributed by atoms with Crippen LogP contribution in [0.2, 0.25) is 0 Å². The molecule has 14 heteroatoms. The van der Waals surface area contributed by atoms with Gasteiger partial charge in [-0.05, 0) is 108 Å². The highest BCUT2D eigenvalue weighted by Crippen LogP contribution is 2.46. The van der Waals surface area contributed by atoms with Gasteiger partial charge < -0.3 is 47.1 Å². The number of likely N-dealkylation sites (N-methyl/N-ethyl adjacent to an activating group) is 1. The smallest absolute Gasteiger partial charge is 0.245 e. The molecule has 3 aliphatic carbocycles. The van der Waals surface area contributed by atoms with E-state index in [1.54, 1.807) is 11.9 Å². The van der Waals surface area contributed by atoms with Crippen LogP contribution in [0.4, 0.5) is 0 Å². The third-order valence-corrected chi connectivity index (χ3v) is 13.4. The summed E-state index contributed by atoms with van der Waals surface area (Å²) in [7, 11) is 1.72. The molecular weight excluding hydrogens is 739 g/mol. The molecule has 1 heterocycles. The van der Waals surface area contributed by atoms with Gasteiger partial charge >= 0.3 is 0 Å². The van der Waals surface area contributed by atoms with Crippen LogP contribution in [0.5, 0.6) is 0 Å². The molecule has 4 rings (SSSR count). The summed E-state index contributed by atoms with van der Waals surface area (Å²) >= 11 is 0. The zero-order valence-corrected chi connectivity index (χ0v) is 36.3. The Labute approximate surface area is 348 Å². The van der Waals surface area contributed by atoms with Gasteiger partial charge in [0.1, 0.15) is 12.1 Å². The topological polar surface area (TPSA) is 207 Å². The molecule has 1 aliphatic heterocycles. The molecule has 0 radical (unpaired) electrons. The molecule has 1 saturated heterocycles. The van der Waals surface area contributed by atoms with Crippen molar-refractivity contribution in [2.75, 3.05) is 53.0 Å². The maximum atomic E-state index is 14.5. The first-order valence-electron chi connectivity index (χ1n) is 23.0. The highest BCUT2D eigenvalue weighted by molar-refractivity contribution is 5.95. The lowest BCUT2D eigenvalue weighted by Crippen LogP contribution is -2.59. The minimum atomic E-state index is -1.13. The van der Waals surface area contributed by atoms with Crippen molar-refractivity contribution in [1.29, 1.82) is 0 Å². The van der Waals surface area contributed by atoms with E-state index in [2.05, 4.69) is 21.3 Å². The van der Waals surface area contributed by atoms with Crippen molar-refractivity contribution in [2.45, 2.75) is 160 Å². The SMILES string of the molecule is CCC[C@H]1C(=O)C[C@@H](C2CCCCCC2)C(=O)N[C@@H](CN)C(=O)N[C@@H](COCCCNCCCN)C(=O)N[C@H](C)CO[C@H](CC2C[C@H]3CC[C@@H](C2)C3)[C@@H](C)C(=O)N1C. The van der Waals surface area contributed by atoms with Gasteiger partial charge in [-0.2, -0.15) is 0 Å². The number of fused-ring (bicyclic) bond motifs is 2. The van der Waals surface area contributed by atoms with Crippen LogP contribution in [0.1, 0.15) is 130 Å². The Morgan fingerprint density at radius 3 is 2.14 bits per heavy atom. The van der Waals surface area contributed by atoms with Gasteiger partial charge in [0.15, 0.2) is 5.78 Å². The highest BCUT2D eigenvalue weighted by atomic mass is 16.5. The fourth-order valence-corrected chi connectivity index (χ4v) is 10.1. The molecule has 4 fully saturated rings. The van der Waals surface area contributed by atoms with E-state index in [1.165, 1.54) is 19.3 Å². The van der Waals surface area contributed by atoms with Crippen molar-refractivity contribution < 1.29 is 33.4 Å². The van der Waals surface area contributed by atoms with Crippen LogP contribution in [-0.2, 0) is 33.4 Å². The third kappa shape index (κ3) is 14.8. The van der Waals surface area contributed by atoms with E-state index < -0.39 is 59.8 Å². The summed E-state index contributed by atoms with van der Waals surface area (Å²) in [5, 5.41) is 12.0. The minimum absolute atomic E-state index is 0.0334. The Balaban J connectivity index is 1.62. The average molecular weight is 818 g/mol. The second kappa shape index (κ2) is 25.2. The minimum Gasteiger partial charge on any atom is -0.379 e. The number of amides is 4. The van der Waals surface area contributed by atoms with Gasteiger partial charge in [-0.3, -0.25) is 24.0 Å². The van der Waals surface area contributed by atoms with Crippen molar-refractivity contribution in [3.63, 3.8) is 0 Å². The zero-order valence-electron chi connectivity index (χ0n) is 36.3. The molecule has 14 nitrogen and oxygen atoms in total. The Hall–Kier alpha value is -2.65. The zero-order chi connectivity index (χ0) is 42.0. The standard InChI is InChI=1S/C44H79N7O7/c1-5-12-38-39(52)25-35(34-13-8-6-7-9-14-34)41(53)49-36(26-46)42(54)50-37(28-57-20-11-19-47-18-10-17-45)43(55)48-29(2)27-58-40(30(3)44(56)51(38)4)24-33-22-31-15-16-32(21-31)23-33/h29-38,40,47H,5-28,45-46H2,1-4H3,(H,48,55)(H,49,53)(H,50,54)/t29-,30-,31-,32+,33?,35+,36+,37+,38+,40-/m1/s1. The van der Waals surface area contributed by atoms with E-state index in [4.69, 9.17) is 20.9 Å². The van der Waals surface area contributed by atoms with Gasteiger partial charge in [0.25, 0.3) is 0 Å². The van der Waals surface area contributed by atoms with Crippen LogP contribution in [0.25, 0.3) is 0 Å². The second-order valence-corrected chi connectivity index (χ2v) is 18.1. The molecule has 332 valence electrons. The summed E-state index contributed by atoms with van der Waals surface area (Å²) in [6.45, 7) is 8.15. The predicted molar refractivity (Wildman–Crippen MR) is 225 cm³/mol. The summed E-state index contributed by atoms with van der Waals surface area (Å²) in [6.07, 6.45) is 14.8. The lowest BCUT2D eigenvalue weighted by Gasteiger charge is -2.36. The average Bonchev–Trinajstić information content (AvgIpc) is 3.36. The number of carbonyl (C=O) groups is 5. The summed E-state index contributed by atoms with van der Waals surface area (Å²) in [5.41, 5.74) is 11.7. The van der Waals surface area contributed by atoms with Crippen molar-refractivity contribution in [1.82, 2.24) is 26.2 Å². The number of hydrogen-bond donors (Lipinski definition) is 6. The fraction of sp³-hybridized carbons (Fsp3) is 0.886. The number of nitrogens with two attached hydrogens (primary N) is 2. The van der Waals surface area contributed by atoms with E-state index in [9.17, 15) is 24.0 Å². The van der Waals surface area contributed by atoms with Crippen molar-refractivity contribution in [3.05, 3.63) is 0 Å². The Morgan fingerprint density at radius 2 is 1.48 bits per heavy atom. The van der Waals surface area contributed by atoms with Crippen LogP contribution >= 0.6 is 0 Å². The molecular formula is C44H79N7O7. The van der Waals surface area contributed by atoms with Gasteiger partial charge in [-0.15, -0.1) is 0 Å². The normalized spacial score (nSPS) is 33.1. The summed E-state index contributed by atoms with van der Waals surface area (Å²) in [5.74, 6) is -1.10. The summed E-state index contributed by atoms with van der Waals surface area (Å²) < 4.78 is 12.5. The Morgan fingerprint density at radius 1 is 0.828 bits per heavy atom. The maximum Gasteiger partial charge on any atom is 0.245 e. The van der Waals surface area contributed by atoms with E-state index >= 15 is 0 Å². The van der Waals surface area contributed by atoms with E-state index in [0.29, 0.717) is 38.3 Å². The Bertz CT molecular complexity index is 1280. The van der Waals surface area contributed by atoms with Crippen molar-refractivity contribution >= 4 is 29.4 Å². The molecule has 1 unspecified atom stereocenters. The number of rotatable bonds is 15. The molecule has 0 aromatic rings. The number of nitrogens with zero attached hydrogens (tertiary/aromatic N) is 1. The number of nitrogens with one attached hydrogen (secondary N) is 4. The van der Waals surface area contributed by atoms with E-state index in [-0.39, 0.29) is 43.8 Å². The van der Waals surface area contributed by atoms with E-state index in [1.807, 2.05) is 20.8 Å². The molecule has 4 amide bonds. The number of Topliss-reactive ketones (excluding diaryl/α,β-unsaturated/α-hetero) is 1. The van der Waals surface area contributed by atoms with Crippen LogP contribution < -0.4 is 32.7 Å². The van der Waals surface area contributed by atoms with Gasteiger partial charge in [0.2, 0.25) is 23.6 Å². The van der Waals surface area contributed by atoms with Crippen LogP contribution in [0, 0.1) is 35.5 Å². The molecule has 0 aromatic heterocycles. The Kier molecular flexibility index (Phi) is 20.9. The largest absolute Gasteiger partial charge is 0.379 e. The predicted octanol–water partition coefficient (Wildman–Crippen LogP) is 3.19. The lowest BCUT2D eigenvalue weighted by molar-refractivity contribution is -0.147. The molecule has 0 aromatic carbocycles. The fourth-order valence-electron chi connectivity index (χ4n) is 10.1. The van der Waals surface area contributed by atoms with E-state index in [0.717, 1.165) is 89.1 Å². The first-order chi connectivity index (χ1) is 27.9. The lowest BCUT2D eigenvalue weighted by atomic mass is 9.77. The van der Waals surface area contributed by atoms with Crippen LogP contribution in [-0.4, -0.2) is 118 Å². The molecule has 2 bridgehead atoms. The molecule has 8 N–H and O–H groups in total. The summed E-state index contributed by atoms with van der Waals surface area (Å²) in [4.78, 5) is 72.5. The number of carbonyl (C=O) groups excluding carboxylic acids is 5. The number of ketones is 1. The van der Waals surface area contributed by atoms with Gasteiger partial charge in [-0.1, -0.05) is 58.8 Å². The maximum absolute atomic E-state index is 14.5. The highest BCUT2D eigenvalue weighted by Gasteiger charge is 2.41. The quantitative estimate of drug-likeness (QED) is 0.105. The number of ether oxygens (including phenoxy) is 2. The molecule has 4 aliphatic rings. The monoisotopic (exact) mass is 818 g/mol. The third-order valence-electron chi connectivity index (χ3n) is 13.4. The van der Waals surface area contributed by atoms with Crippen molar-refractivity contribution in [3.8, 4) is 0 Å². The first kappa shape index (κ1) is 48.0. The van der Waals surface area contributed by atoms with Crippen LogP contribution in [0.3, 0.4) is 0 Å². The van der Waals surface area contributed by atoms with Crippen LogP contribution in [0.15, 0.2) is 0 Å². The first-order valence-corrected chi connectivity index (χ1v) is 23.0. The summed E-state index contributed by atoms with van der Waals surface area (Å²) in [6, 6.07) is -3.34. The second-order valence-electron chi connectivity index (χ2n) is 18.1. The molecule has 3 saturated carbocycles. The number of hydrogen-bond acceptors (Lipinski definition) is 10. The molecule has 10 atom stereocenters. The van der Waals surface area contributed by atoms with Gasteiger partial charge in [0.05, 0.1) is 31.3 Å². The van der Waals surface area contributed by atoms with Gasteiger partial charge in [-0.25, -0.2) is 0 Å². The van der Waals surface area contributed by atoms with Gasteiger partial charge in [0, 0.05) is 38.6 Å². The molecule has 0 spiro atoms. The molecule has 58 heavy (non-hydrogen) atoms. The van der Waals surface area contributed by atoms with Crippen molar-refractivity contribution in [2.24, 2.45) is 47.0 Å².